The van der Waals surface area contributed by atoms with Crippen LogP contribution in [-0.4, -0.2) is 30.6 Å². The summed E-state index contributed by atoms with van der Waals surface area (Å²) in [6.45, 7) is 4.37. The molecule has 0 aromatic carbocycles. The van der Waals surface area contributed by atoms with E-state index >= 15 is 0 Å². The Balaban J connectivity index is 1.67. The molecule has 0 bridgehead atoms. The number of hydrogen-bond donors (Lipinski definition) is 2. The molecule has 0 unspecified atom stereocenters. The van der Waals surface area contributed by atoms with Crippen molar-refractivity contribution in [3.05, 3.63) is 40.1 Å². The van der Waals surface area contributed by atoms with E-state index in [-0.39, 0.29) is 18.1 Å². The zero-order valence-corrected chi connectivity index (χ0v) is 15.4. The van der Waals surface area contributed by atoms with Gasteiger partial charge in [0.05, 0.1) is 6.54 Å². The van der Waals surface area contributed by atoms with E-state index in [0.717, 1.165) is 24.4 Å². The maximum absolute atomic E-state index is 12.4. The van der Waals surface area contributed by atoms with E-state index in [1.807, 2.05) is 0 Å². The molecule has 1 aliphatic rings. The molecule has 1 aliphatic carbocycles. The van der Waals surface area contributed by atoms with Crippen molar-refractivity contribution >= 4 is 5.91 Å². The van der Waals surface area contributed by atoms with Crippen LogP contribution in [0.2, 0.25) is 0 Å². The Labute approximate surface area is 152 Å². The van der Waals surface area contributed by atoms with Gasteiger partial charge in [-0.15, -0.1) is 10.2 Å². The molecule has 0 aliphatic heterocycles. The number of aromatic amines is 1. The molecular formula is C18H26N6O2. The topological polar surface area (TPSA) is 106 Å². The van der Waals surface area contributed by atoms with Crippen molar-refractivity contribution in [3.63, 3.8) is 0 Å². The maximum atomic E-state index is 12.4. The first-order chi connectivity index (χ1) is 12.5. The molecule has 8 heteroatoms. The Morgan fingerprint density at radius 2 is 2.12 bits per heavy atom. The second-order valence-electron chi connectivity index (χ2n) is 7.32. The summed E-state index contributed by atoms with van der Waals surface area (Å²) in [5, 5.41) is 11.0. The quantitative estimate of drug-likeness (QED) is 0.821. The molecule has 2 N–H and O–H groups in total. The van der Waals surface area contributed by atoms with Crippen molar-refractivity contribution in [2.45, 2.75) is 65.0 Å². The monoisotopic (exact) mass is 358 g/mol. The summed E-state index contributed by atoms with van der Waals surface area (Å²) in [5.41, 5.74) is 0.349. The highest BCUT2D eigenvalue weighted by molar-refractivity contribution is 5.92. The standard InChI is InChI=1S/C18H26N6O2/c1-12(2)8-13-9-15(22-18(26)21-13)17(25)19-10-16-23-20-11-24(16)14-6-4-3-5-7-14/h9,11-12,14H,3-8,10H2,1-2H3,(H,19,25)(H,21,22,26). The van der Waals surface area contributed by atoms with Crippen LogP contribution in [0.5, 0.6) is 0 Å². The number of nitrogens with zero attached hydrogens (tertiary/aromatic N) is 4. The number of H-pyrrole nitrogens is 1. The first-order valence-corrected chi connectivity index (χ1v) is 9.29. The van der Waals surface area contributed by atoms with Gasteiger partial charge < -0.3 is 14.9 Å². The Morgan fingerprint density at radius 1 is 1.35 bits per heavy atom. The Kier molecular flexibility index (Phi) is 5.80. The lowest BCUT2D eigenvalue weighted by atomic mass is 9.95. The van der Waals surface area contributed by atoms with E-state index in [1.54, 1.807) is 12.4 Å². The smallest absolute Gasteiger partial charge is 0.343 e. The SMILES string of the molecule is CC(C)Cc1cc(C(=O)NCc2nncn2C2CCCCC2)nc(=O)[nH]1. The molecular weight excluding hydrogens is 332 g/mol. The molecule has 1 fully saturated rings. The third-order valence-electron chi connectivity index (χ3n) is 4.68. The molecule has 0 radical (unpaired) electrons. The average molecular weight is 358 g/mol. The third-order valence-corrected chi connectivity index (χ3v) is 4.68. The van der Waals surface area contributed by atoms with Gasteiger partial charge in [-0.1, -0.05) is 33.1 Å². The zero-order chi connectivity index (χ0) is 18.5. The van der Waals surface area contributed by atoms with E-state index in [0.29, 0.717) is 18.4 Å². The summed E-state index contributed by atoms with van der Waals surface area (Å²) in [7, 11) is 0. The molecule has 1 amide bonds. The van der Waals surface area contributed by atoms with Gasteiger partial charge >= 0.3 is 5.69 Å². The number of aromatic nitrogens is 5. The van der Waals surface area contributed by atoms with Gasteiger partial charge in [0.25, 0.3) is 5.91 Å². The second kappa shape index (κ2) is 8.25. The van der Waals surface area contributed by atoms with Crippen LogP contribution in [0.25, 0.3) is 0 Å². The molecule has 0 atom stereocenters. The lowest BCUT2D eigenvalue weighted by molar-refractivity contribution is 0.0943. The Morgan fingerprint density at radius 3 is 2.85 bits per heavy atom. The van der Waals surface area contributed by atoms with Crippen LogP contribution in [0.15, 0.2) is 17.2 Å². The first-order valence-electron chi connectivity index (χ1n) is 9.29. The highest BCUT2D eigenvalue weighted by atomic mass is 16.2. The predicted octanol–water partition coefficient (Wildman–Crippen LogP) is 2.00. The molecule has 3 rings (SSSR count). The van der Waals surface area contributed by atoms with Crippen molar-refractivity contribution < 1.29 is 4.79 Å². The summed E-state index contributed by atoms with van der Waals surface area (Å²) < 4.78 is 2.06. The molecule has 0 saturated heterocycles. The van der Waals surface area contributed by atoms with Gasteiger partial charge in [-0.2, -0.15) is 4.98 Å². The van der Waals surface area contributed by atoms with Crippen LogP contribution >= 0.6 is 0 Å². The fourth-order valence-electron chi connectivity index (χ4n) is 3.48. The fourth-order valence-corrected chi connectivity index (χ4v) is 3.48. The van der Waals surface area contributed by atoms with Crippen molar-refractivity contribution in [2.75, 3.05) is 0 Å². The van der Waals surface area contributed by atoms with Crippen LogP contribution in [-0.2, 0) is 13.0 Å². The molecule has 2 aromatic heterocycles. The summed E-state index contributed by atoms with van der Waals surface area (Å²) in [6, 6.07) is 2.05. The Hall–Kier alpha value is -2.51. The number of carbonyl (C=O) groups excluding carboxylic acids is 1. The van der Waals surface area contributed by atoms with Crippen molar-refractivity contribution in [1.82, 2.24) is 30.0 Å². The van der Waals surface area contributed by atoms with Gasteiger partial charge in [-0.25, -0.2) is 4.79 Å². The highest BCUT2D eigenvalue weighted by Crippen LogP contribution is 2.28. The van der Waals surface area contributed by atoms with Gasteiger partial charge in [0.1, 0.15) is 12.0 Å². The first kappa shape index (κ1) is 18.3. The van der Waals surface area contributed by atoms with Gasteiger partial charge in [-0.05, 0) is 31.2 Å². The molecule has 26 heavy (non-hydrogen) atoms. The normalized spacial score (nSPS) is 15.3. The molecule has 2 heterocycles. The summed E-state index contributed by atoms with van der Waals surface area (Å²) >= 11 is 0. The minimum atomic E-state index is -0.501. The summed E-state index contributed by atoms with van der Waals surface area (Å²) in [6.07, 6.45) is 8.36. The number of rotatable bonds is 6. The number of hydrogen-bond acceptors (Lipinski definition) is 5. The number of carbonyl (C=O) groups is 1. The van der Waals surface area contributed by atoms with Gasteiger partial charge in [0.15, 0.2) is 5.82 Å². The molecule has 8 nitrogen and oxygen atoms in total. The lowest BCUT2D eigenvalue weighted by Gasteiger charge is -2.24. The zero-order valence-electron chi connectivity index (χ0n) is 15.4. The molecule has 2 aromatic rings. The second-order valence-corrected chi connectivity index (χ2v) is 7.32. The van der Waals surface area contributed by atoms with Crippen molar-refractivity contribution in [2.24, 2.45) is 5.92 Å². The van der Waals surface area contributed by atoms with E-state index in [2.05, 4.69) is 43.9 Å². The maximum Gasteiger partial charge on any atom is 0.345 e. The van der Waals surface area contributed by atoms with Crippen LogP contribution in [0.1, 0.15) is 74.0 Å². The average Bonchev–Trinajstić information content (AvgIpc) is 3.08. The Bertz CT molecular complexity index is 804. The fraction of sp³-hybridized carbons (Fsp3) is 0.611. The largest absolute Gasteiger partial charge is 0.345 e. The van der Waals surface area contributed by atoms with Gasteiger partial charge in [0, 0.05) is 11.7 Å². The van der Waals surface area contributed by atoms with E-state index < -0.39 is 5.69 Å². The summed E-state index contributed by atoms with van der Waals surface area (Å²) in [4.78, 5) is 30.6. The molecule has 140 valence electrons. The summed E-state index contributed by atoms with van der Waals surface area (Å²) in [5.74, 6) is 0.731. The minimum absolute atomic E-state index is 0.133. The van der Waals surface area contributed by atoms with E-state index in [9.17, 15) is 9.59 Å². The predicted molar refractivity (Wildman–Crippen MR) is 96.7 cm³/mol. The molecule has 0 spiro atoms. The highest BCUT2D eigenvalue weighted by Gasteiger charge is 2.19. The van der Waals surface area contributed by atoms with Gasteiger partial charge in [0.2, 0.25) is 0 Å². The van der Waals surface area contributed by atoms with Crippen LogP contribution < -0.4 is 11.0 Å². The minimum Gasteiger partial charge on any atom is -0.343 e. The van der Waals surface area contributed by atoms with Crippen LogP contribution in [0.3, 0.4) is 0 Å². The van der Waals surface area contributed by atoms with Gasteiger partial charge in [-0.3, -0.25) is 4.79 Å². The van der Waals surface area contributed by atoms with Crippen LogP contribution in [0, 0.1) is 5.92 Å². The van der Waals surface area contributed by atoms with Crippen molar-refractivity contribution in [1.29, 1.82) is 0 Å². The number of nitrogens with one attached hydrogen (secondary N) is 2. The van der Waals surface area contributed by atoms with E-state index in [1.165, 1.54) is 19.3 Å². The molecule has 1 saturated carbocycles. The van der Waals surface area contributed by atoms with E-state index in [4.69, 9.17) is 0 Å². The third kappa shape index (κ3) is 4.56. The van der Waals surface area contributed by atoms with Crippen LogP contribution in [0.4, 0.5) is 0 Å². The number of amides is 1. The van der Waals surface area contributed by atoms with Crippen molar-refractivity contribution in [3.8, 4) is 0 Å². The lowest BCUT2D eigenvalue weighted by Crippen LogP contribution is -2.29.